The van der Waals surface area contributed by atoms with Gasteiger partial charge in [-0.15, -0.1) is 0 Å². The molecule has 0 unspecified atom stereocenters. The van der Waals surface area contributed by atoms with E-state index < -0.39 is 0 Å². The van der Waals surface area contributed by atoms with Crippen molar-refractivity contribution in [2.24, 2.45) is 0 Å². The van der Waals surface area contributed by atoms with E-state index in [-0.39, 0.29) is 0 Å². The fraction of sp³-hybridized carbons (Fsp3) is 0. The number of hydrogen-bond acceptors (Lipinski definition) is 2. The summed E-state index contributed by atoms with van der Waals surface area (Å²) >= 11 is 12.2. The van der Waals surface area contributed by atoms with Gasteiger partial charge in [-0.05, 0) is 42.0 Å². The number of benzene rings is 2. The van der Waals surface area contributed by atoms with E-state index in [0.717, 1.165) is 11.1 Å². The largest absolute Gasteiger partial charge is 0.457 e. The zero-order valence-electron chi connectivity index (χ0n) is 12.0. The maximum atomic E-state index is 9.35. The standard InChI is InChI=1S/C19H11Cl2NO/c20-15-6-8-18(21)17(11-15)19-9-7-16(23-19)10-14(12-22)13-4-2-1-3-5-13/h1-11H/b14-10+. The molecule has 4 heteroatoms. The van der Waals surface area contributed by atoms with Gasteiger partial charge in [-0.2, -0.15) is 5.26 Å². The number of nitriles is 1. The van der Waals surface area contributed by atoms with E-state index in [0.29, 0.717) is 27.1 Å². The van der Waals surface area contributed by atoms with Crippen molar-refractivity contribution in [2.45, 2.75) is 0 Å². The number of rotatable bonds is 3. The minimum Gasteiger partial charge on any atom is -0.457 e. The van der Waals surface area contributed by atoms with Crippen molar-refractivity contribution in [3.63, 3.8) is 0 Å². The third kappa shape index (κ3) is 3.48. The summed E-state index contributed by atoms with van der Waals surface area (Å²) in [5.74, 6) is 1.19. The molecule has 0 saturated carbocycles. The van der Waals surface area contributed by atoms with Crippen LogP contribution in [0.3, 0.4) is 0 Å². The highest BCUT2D eigenvalue weighted by molar-refractivity contribution is 6.35. The summed E-state index contributed by atoms with van der Waals surface area (Å²) in [6.45, 7) is 0. The topological polar surface area (TPSA) is 36.9 Å². The van der Waals surface area contributed by atoms with Crippen molar-refractivity contribution in [2.75, 3.05) is 0 Å². The summed E-state index contributed by atoms with van der Waals surface area (Å²) in [6, 6.07) is 20.4. The maximum absolute atomic E-state index is 9.35. The molecule has 112 valence electrons. The van der Waals surface area contributed by atoms with Gasteiger partial charge in [0.25, 0.3) is 0 Å². The van der Waals surface area contributed by atoms with E-state index >= 15 is 0 Å². The first-order chi connectivity index (χ1) is 11.2. The van der Waals surface area contributed by atoms with Crippen LogP contribution in [0.1, 0.15) is 11.3 Å². The molecule has 0 N–H and O–H groups in total. The molecule has 1 aromatic heterocycles. The average molecular weight is 340 g/mol. The molecule has 0 radical (unpaired) electrons. The molecular weight excluding hydrogens is 329 g/mol. The molecule has 0 spiro atoms. The van der Waals surface area contributed by atoms with Crippen LogP contribution in [0.25, 0.3) is 23.0 Å². The summed E-state index contributed by atoms with van der Waals surface area (Å²) in [5, 5.41) is 10.5. The predicted molar refractivity (Wildman–Crippen MR) is 94.1 cm³/mol. The molecule has 3 aromatic rings. The Hall–Kier alpha value is -2.47. The van der Waals surface area contributed by atoms with Gasteiger partial charge >= 0.3 is 0 Å². The molecule has 1 heterocycles. The molecule has 0 bridgehead atoms. The maximum Gasteiger partial charge on any atom is 0.136 e. The van der Waals surface area contributed by atoms with Crippen molar-refractivity contribution < 1.29 is 4.42 Å². The van der Waals surface area contributed by atoms with Crippen LogP contribution in [-0.2, 0) is 0 Å². The molecule has 0 aliphatic heterocycles. The summed E-state index contributed by atoms with van der Waals surface area (Å²) in [6.07, 6.45) is 1.71. The van der Waals surface area contributed by atoms with Crippen molar-refractivity contribution in [3.8, 4) is 17.4 Å². The first-order valence-electron chi connectivity index (χ1n) is 6.90. The first kappa shape index (κ1) is 15.4. The number of halogens is 2. The Bertz CT molecular complexity index is 905. The lowest BCUT2D eigenvalue weighted by molar-refractivity contribution is 0.572. The van der Waals surface area contributed by atoms with Crippen LogP contribution in [0.4, 0.5) is 0 Å². The Morgan fingerprint density at radius 2 is 1.78 bits per heavy atom. The highest BCUT2D eigenvalue weighted by atomic mass is 35.5. The van der Waals surface area contributed by atoms with Crippen LogP contribution >= 0.6 is 23.2 Å². The fourth-order valence-corrected chi connectivity index (χ4v) is 2.58. The van der Waals surface area contributed by atoms with Crippen LogP contribution in [0, 0.1) is 11.3 Å². The Balaban J connectivity index is 1.98. The van der Waals surface area contributed by atoms with Crippen LogP contribution in [0.5, 0.6) is 0 Å². The quantitative estimate of drug-likeness (QED) is 0.523. The van der Waals surface area contributed by atoms with Crippen molar-refractivity contribution in [1.29, 1.82) is 5.26 Å². The van der Waals surface area contributed by atoms with Crippen LogP contribution < -0.4 is 0 Å². The van der Waals surface area contributed by atoms with Gasteiger partial charge in [0.1, 0.15) is 11.5 Å². The second kappa shape index (κ2) is 6.75. The lowest BCUT2D eigenvalue weighted by Crippen LogP contribution is -1.80. The lowest BCUT2D eigenvalue weighted by atomic mass is 10.1. The molecule has 0 saturated heterocycles. The van der Waals surface area contributed by atoms with Crippen molar-refractivity contribution >= 4 is 34.9 Å². The molecule has 0 atom stereocenters. The van der Waals surface area contributed by atoms with Crippen LogP contribution in [0.2, 0.25) is 10.0 Å². The van der Waals surface area contributed by atoms with Gasteiger partial charge in [-0.25, -0.2) is 0 Å². The molecule has 0 aliphatic rings. The number of nitrogens with zero attached hydrogens (tertiary/aromatic N) is 1. The third-order valence-corrected chi connectivity index (χ3v) is 3.88. The normalized spacial score (nSPS) is 11.3. The van der Waals surface area contributed by atoms with E-state index in [1.54, 1.807) is 30.3 Å². The van der Waals surface area contributed by atoms with E-state index in [2.05, 4.69) is 6.07 Å². The third-order valence-electron chi connectivity index (χ3n) is 3.31. The van der Waals surface area contributed by atoms with Gasteiger partial charge in [0, 0.05) is 10.6 Å². The molecule has 0 aliphatic carbocycles. The van der Waals surface area contributed by atoms with E-state index in [1.165, 1.54) is 0 Å². The van der Waals surface area contributed by atoms with Gasteiger partial charge < -0.3 is 4.42 Å². The Morgan fingerprint density at radius 3 is 2.52 bits per heavy atom. The molecule has 2 aromatic carbocycles. The first-order valence-corrected chi connectivity index (χ1v) is 7.65. The molecule has 3 rings (SSSR count). The molecule has 0 fully saturated rings. The van der Waals surface area contributed by atoms with E-state index in [4.69, 9.17) is 27.6 Å². The van der Waals surface area contributed by atoms with Gasteiger partial charge in [-0.3, -0.25) is 0 Å². The summed E-state index contributed by atoms with van der Waals surface area (Å²) < 4.78 is 5.79. The Labute approximate surface area is 144 Å². The summed E-state index contributed by atoms with van der Waals surface area (Å²) in [5.41, 5.74) is 2.09. The minimum atomic E-state index is 0.531. The smallest absolute Gasteiger partial charge is 0.136 e. The second-order valence-electron chi connectivity index (χ2n) is 4.86. The lowest BCUT2D eigenvalue weighted by Gasteiger charge is -2.01. The van der Waals surface area contributed by atoms with Gasteiger partial charge in [-0.1, -0.05) is 53.5 Å². The summed E-state index contributed by atoms with van der Waals surface area (Å²) in [4.78, 5) is 0. The van der Waals surface area contributed by atoms with Crippen molar-refractivity contribution in [3.05, 3.63) is 82.0 Å². The fourth-order valence-electron chi connectivity index (χ4n) is 2.20. The van der Waals surface area contributed by atoms with Crippen LogP contribution in [0.15, 0.2) is 65.1 Å². The zero-order chi connectivity index (χ0) is 16.2. The zero-order valence-corrected chi connectivity index (χ0v) is 13.5. The van der Waals surface area contributed by atoms with Gasteiger partial charge in [0.2, 0.25) is 0 Å². The van der Waals surface area contributed by atoms with E-state index in [1.807, 2.05) is 36.4 Å². The van der Waals surface area contributed by atoms with Crippen molar-refractivity contribution in [1.82, 2.24) is 0 Å². The second-order valence-corrected chi connectivity index (χ2v) is 5.71. The average Bonchev–Trinajstić information content (AvgIpc) is 3.04. The number of allylic oxidation sites excluding steroid dienone is 1. The summed E-state index contributed by atoms with van der Waals surface area (Å²) in [7, 11) is 0. The van der Waals surface area contributed by atoms with Gasteiger partial charge in [0.15, 0.2) is 0 Å². The highest BCUT2D eigenvalue weighted by Gasteiger charge is 2.09. The Kier molecular flexibility index (Phi) is 4.52. The highest BCUT2D eigenvalue weighted by Crippen LogP contribution is 2.32. The number of hydrogen-bond donors (Lipinski definition) is 0. The Morgan fingerprint density at radius 1 is 1.00 bits per heavy atom. The minimum absolute atomic E-state index is 0.531. The predicted octanol–water partition coefficient (Wildman–Crippen LogP) is 6.32. The van der Waals surface area contributed by atoms with E-state index in [9.17, 15) is 5.26 Å². The number of furan rings is 1. The SMILES string of the molecule is N#C/C(=C\c1ccc(-c2cc(Cl)ccc2Cl)o1)c1ccccc1. The molecular formula is C19H11Cl2NO. The molecule has 0 amide bonds. The monoisotopic (exact) mass is 339 g/mol. The molecule has 23 heavy (non-hydrogen) atoms. The van der Waals surface area contributed by atoms with Crippen LogP contribution in [-0.4, -0.2) is 0 Å². The molecule has 2 nitrogen and oxygen atoms in total. The van der Waals surface area contributed by atoms with Gasteiger partial charge in [0.05, 0.1) is 16.7 Å².